The van der Waals surface area contributed by atoms with Gasteiger partial charge < -0.3 is 15.0 Å². The standard InChI is InChI=1S/C19H22FN3O/c1-23(2)16-6-3-5-14(11-16)13-24-18-8-7-15(12-17(18)20)19-21-9-4-10-22-19/h3,5-8,11-12H,4,9-10,13H2,1-2H3,(H,21,22). The van der Waals surface area contributed by atoms with Gasteiger partial charge in [-0.3, -0.25) is 4.99 Å². The first-order chi connectivity index (χ1) is 11.6. The maximum absolute atomic E-state index is 14.3. The van der Waals surface area contributed by atoms with E-state index in [4.69, 9.17) is 4.74 Å². The number of benzene rings is 2. The summed E-state index contributed by atoms with van der Waals surface area (Å²) < 4.78 is 19.9. The molecule has 5 heteroatoms. The zero-order chi connectivity index (χ0) is 16.9. The van der Waals surface area contributed by atoms with Crippen molar-refractivity contribution in [3.05, 3.63) is 59.4 Å². The Hall–Kier alpha value is -2.56. The van der Waals surface area contributed by atoms with Crippen LogP contribution in [0.5, 0.6) is 5.75 Å². The van der Waals surface area contributed by atoms with E-state index in [0.29, 0.717) is 6.61 Å². The largest absolute Gasteiger partial charge is 0.486 e. The van der Waals surface area contributed by atoms with Gasteiger partial charge in [0.2, 0.25) is 0 Å². The number of nitrogens with zero attached hydrogens (tertiary/aromatic N) is 2. The first-order valence-corrected chi connectivity index (χ1v) is 8.11. The second-order valence-electron chi connectivity index (χ2n) is 6.01. The average molecular weight is 327 g/mol. The SMILES string of the molecule is CN(C)c1cccc(COc2ccc(C3=NCCCN3)cc2F)c1. The smallest absolute Gasteiger partial charge is 0.165 e. The summed E-state index contributed by atoms with van der Waals surface area (Å²) in [7, 11) is 3.97. The van der Waals surface area contributed by atoms with Gasteiger partial charge in [0.1, 0.15) is 12.4 Å². The van der Waals surface area contributed by atoms with Gasteiger partial charge in [0.15, 0.2) is 11.6 Å². The molecule has 0 aliphatic carbocycles. The van der Waals surface area contributed by atoms with Crippen molar-refractivity contribution in [3.8, 4) is 5.75 Å². The number of anilines is 1. The second kappa shape index (κ2) is 7.34. The lowest BCUT2D eigenvalue weighted by Crippen LogP contribution is -2.30. The summed E-state index contributed by atoms with van der Waals surface area (Å²) in [6.07, 6.45) is 1.01. The number of amidine groups is 1. The predicted molar refractivity (Wildman–Crippen MR) is 95.5 cm³/mol. The molecular formula is C19H22FN3O. The van der Waals surface area contributed by atoms with Crippen molar-refractivity contribution in [1.82, 2.24) is 5.32 Å². The van der Waals surface area contributed by atoms with E-state index < -0.39 is 0 Å². The Morgan fingerprint density at radius 3 is 2.79 bits per heavy atom. The highest BCUT2D eigenvalue weighted by Crippen LogP contribution is 2.21. The van der Waals surface area contributed by atoms with Crippen LogP contribution in [0.3, 0.4) is 0 Å². The third-order valence-electron chi connectivity index (χ3n) is 3.92. The number of rotatable bonds is 5. The molecule has 0 fully saturated rings. The molecule has 1 aliphatic heterocycles. The molecule has 0 spiro atoms. The van der Waals surface area contributed by atoms with Crippen molar-refractivity contribution in [3.63, 3.8) is 0 Å². The van der Waals surface area contributed by atoms with Crippen LogP contribution in [0.1, 0.15) is 17.5 Å². The molecule has 0 amide bonds. The van der Waals surface area contributed by atoms with Crippen molar-refractivity contribution in [2.24, 2.45) is 4.99 Å². The number of nitrogens with one attached hydrogen (secondary N) is 1. The van der Waals surface area contributed by atoms with E-state index in [0.717, 1.165) is 42.2 Å². The molecule has 0 atom stereocenters. The molecule has 1 aliphatic rings. The summed E-state index contributed by atoms with van der Waals surface area (Å²) in [5.74, 6) is 0.641. The molecule has 0 aromatic heterocycles. The van der Waals surface area contributed by atoms with Crippen LogP contribution in [-0.4, -0.2) is 33.0 Å². The monoisotopic (exact) mass is 327 g/mol. The van der Waals surface area contributed by atoms with Gasteiger partial charge in [-0.25, -0.2) is 4.39 Å². The number of hydrogen-bond donors (Lipinski definition) is 1. The van der Waals surface area contributed by atoms with Gasteiger partial charge in [-0.2, -0.15) is 0 Å². The topological polar surface area (TPSA) is 36.9 Å². The molecule has 0 radical (unpaired) electrons. The predicted octanol–water partition coefficient (Wildman–Crippen LogP) is 3.21. The summed E-state index contributed by atoms with van der Waals surface area (Å²) in [6, 6.07) is 13.0. The number of aliphatic imine (C=N–C) groups is 1. The summed E-state index contributed by atoms with van der Waals surface area (Å²) in [5.41, 5.74) is 2.85. The lowest BCUT2D eigenvalue weighted by molar-refractivity contribution is 0.290. The van der Waals surface area contributed by atoms with Crippen LogP contribution in [0.15, 0.2) is 47.5 Å². The first-order valence-electron chi connectivity index (χ1n) is 8.11. The van der Waals surface area contributed by atoms with Crippen molar-refractivity contribution in [2.75, 3.05) is 32.1 Å². The van der Waals surface area contributed by atoms with Gasteiger partial charge in [-0.05, 0) is 42.3 Å². The maximum Gasteiger partial charge on any atom is 0.165 e. The van der Waals surface area contributed by atoms with Gasteiger partial charge in [0.25, 0.3) is 0 Å². The Morgan fingerprint density at radius 2 is 2.08 bits per heavy atom. The second-order valence-corrected chi connectivity index (χ2v) is 6.01. The molecule has 24 heavy (non-hydrogen) atoms. The lowest BCUT2D eigenvalue weighted by Gasteiger charge is -2.16. The minimum absolute atomic E-state index is 0.255. The molecular weight excluding hydrogens is 305 g/mol. The summed E-state index contributed by atoms with van der Waals surface area (Å²) >= 11 is 0. The Balaban J connectivity index is 1.69. The van der Waals surface area contributed by atoms with E-state index in [1.165, 1.54) is 6.07 Å². The van der Waals surface area contributed by atoms with Crippen molar-refractivity contribution in [2.45, 2.75) is 13.0 Å². The molecule has 0 saturated carbocycles. The van der Waals surface area contributed by atoms with Crippen LogP contribution >= 0.6 is 0 Å². The highest BCUT2D eigenvalue weighted by molar-refractivity contribution is 5.99. The van der Waals surface area contributed by atoms with E-state index in [1.54, 1.807) is 6.07 Å². The fourth-order valence-electron chi connectivity index (χ4n) is 2.58. The summed E-state index contributed by atoms with van der Waals surface area (Å²) in [6.45, 7) is 1.99. The van der Waals surface area contributed by atoms with Gasteiger partial charge in [0, 0.05) is 38.4 Å². The van der Waals surface area contributed by atoms with Gasteiger partial charge in [0.05, 0.1) is 0 Å². The van der Waals surface area contributed by atoms with E-state index in [2.05, 4.69) is 10.3 Å². The third kappa shape index (κ3) is 3.85. The Morgan fingerprint density at radius 1 is 1.21 bits per heavy atom. The van der Waals surface area contributed by atoms with Crippen LogP contribution < -0.4 is 15.0 Å². The van der Waals surface area contributed by atoms with Crippen molar-refractivity contribution in [1.29, 1.82) is 0 Å². The molecule has 1 heterocycles. The summed E-state index contributed by atoms with van der Waals surface area (Å²) in [5, 5.41) is 3.19. The molecule has 0 unspecified atom stereocenters. The Labute approximate surface area is 142 Å². The molecule has 3 rings (SSSR count). The maximum atomic E-state index is 14.3. The fraction of sp³-hybridized carbons (Fsp3) is 0.316. The van der Waals surface area contributed by atoms with Crippen LogP contribution in [0.25, 0.3) is 0 Å². The number of hydrogen-bond acceptors (Lipinski definition) is 4. The number of halogens is 1. The average Bonchev–Trinajstić information content (AvgIpc) is 2.61. The molecule has 2 aromatic carbocycles. The van der Waals surface area contributed by atoms with Gasteiger partial charge in [-0.15, -0.1) is 0 Å². The first kappa shape index (κ1) is 16.3. The van der Waals surface area contributed by atoms with E-state index in [9.17, 15) is 4.39 Å². The van der Waals surface area contributed by atoms with Crippen molar-refractivity contribution < 1.29 is 9.13 Å². The van der Waals surface area contributed by atoms with Crippen LogP contribution in [0.2, 0.25) is 0 Å². The number of ether oxygens (including phenoxy) is 1. The van der Waals surface area contributed by atoms with Gasteiger partial charge >= 0.3 is 0 Å². The van der Waals surface area contributed by atoms with Gasteiger partial charge in [-0.1, -0.05) is 12.1 Å². The van der Waals surface area contributed by atoms with E-state index >= 15 is 0 Å². The Kier molecular flexibility index (Phi) is 4.99. The van der Waals surface area contributed by atoms with Crippen LogP contribution in [0.4, 0.5) is 10.1 Å². The molecule has 1 N–H and O–H groups in total. The fourth-order valence-corrected chi connectivity index (χ4v) is 2.58. The zero-order valence-corrected chi connectivity index (χ0v) is 14.1. The molecule has 2 aromatic rings. The molecule has 4 nitrogen and oxygen atoms in total. The molecule has 126 valence electrons. The van der Waals surface area contributed by atoms with Crippen molar-refractivity contribution >= 4 is 11.5 Å². The van der Waals surface area contributed by atoms with Crippen LogP contribution in [-0.2, 0) is 6.61 Å². The van der Waals surface area contributed by atoms with Crippen LogP contribution in [0, 0.1) is 5.82 Å². The molecule has 0 bridgehead atoms. The van der Waals surface area contributed by atoms with E-state index in [-0.39, 0.29) is 11.6 Å². The van der Waals surface area contributed by atoms with E-state index in [1.807, 2.05) is 49.3 Å². The minimum atomic E-state index is -0.369. The quantitative estimate of drug-likeness (QED) is 0.916. The Bertz CT molecular complexity index is 743. The minimum Gasteiger partial charge on any atom is -0.486 e. The third-order valence-corrected chi connectivity index (χ3v) is 3.92. The zero-order valence-electron chi connectivity index (χ0n) is 14.1. The highest BCUT2D eigenvalue weighted by Gasteiger charge is 2.11. The normalized spacial score (nSPS) is 13.9. The summed E-state index contributed by atoms with van der Waals surface area (Å²) in [4.78, 5) is 6.41. The molecule has 0 saturated heterocycles. The lowest BCUT2D eigenvalue weighted by atomic mass is 10.1. The highest BCUT2D eigenvalue weighted by atomic mass is 19.1.